The van der Waals surface area contributed by atoms with Crippen molar-refractivity contribution < 1.29 is 14.6 Å². The summed E-state index contributed by atoms with van der Waals surface area (Å²) in [6.45, 7) is 3.75. The zero-order valence-corrected chi connectivity index (χ0v) is 10.9. The Hall–Kier alpha value is -2.55. The molecule has 0 saturated carbocycles. The fourth-order valence-corrected chi connectivity index (χ4v) is 3.01. The third-order valence-corrected chi connectivity index (χ3v) is 3.71. The molecule has 0 fully saturated rings. The van der Waals surface area contributed by atoms with Gasteiger partial charge in [0, 0.05) is 17.5 Å². The highest BCUT2D eigenvalue weighted by Crippen LogP contribution is 2.51. The Bertz CT molecular complexity index is 643. The molecule has 100 valence electrons. The van der Waals surface area contributed by atoms with Crippen LogP contribution in [0, 0.1) is 0 Å². The summed E-state index contributed by atoms with van der Waals surface area (Å²) >= 11 is 0. The van der Waals surface area contributed by atoms with E-state index in [9.17, 15) is 4.79 Å². The van der Waals surface area contributed by atoms with Crippen LogP contribution in [0.25, 0.3) is 11.1 Å². The van der Waals surface area contributed by atoms with Crippen molar-refractivity contribution >= 4 is 6.16 Å². The number of hydrogen-bond donors (Lipinski definition) is 1. The van der Waals surface area contributed by atoms with Gasteiger partial charge in [-0.15, -0.1) is 6.58 Å². The minimum Gasteiger partial charge on any atom is -0.450 e. The molecular formula is C17H14O3. The molecule has 0 aliphatic heterocycles. The molecule has 0 amide bonds. The van der Waals surface area contributed by atoms with Gasteiger partial charge in [-0.05, 0) is 11.1 Å². The van der Waals surface area contributed by atoms with E-state index in [1.165, 1.54) is 0 Å². The van der Waals surface area contributed by atoms with Crippen molar-refractivity contribution in [1.82, 2.24) is 0 Å². The maximum absolute atomic E-state index is 11.2. The molecule has 0 saturated heterocycles. The summed E-state index contributed by atoms with van der Waals surface area (Å²) < 4.78 is 5.34. The van der Waals surface area contributed by atoms with E-state index in [4.69, 9.17) is 9.84 Å². The number of carbonyl (C=O) groups is 1. The van der Waals surface area contributed by atoms with Gasteiger partial charge >= 0.3 is 6.16 Å². The van der Waals surface area contributed by atoms with E-state index >= 15 is 0 Å². The SMILES string of the molecule is C=CCC1(OC(=O)O)c2ccccc2-c2ccccc21. The normalized spacial score (nSPS) is 14.2. The zero-order chi connectivity index (χ0) is 14.2. The summed E-state index contributed by atoms with van der Waals surface area (Å²) in [5.41, 5.74) is 2.81. The van der Waals surface area contributed by atoms with E-state index in [0.717, 1.165) is 22.3 Å². The predicted octanol–water partition coefficient (Wildman–Crippen LogP) is 4.18. The smallest absolute Gasteiger partial charge is 0.450 e. The van der Waals surface area contributed by atoms with Gasteiger partial charge in [0.05, 0.1) is 0 Å². The average molecular weight is 266 g/mol. The van der Waals surface area contributed by atoms with Crippen molar-refractivity contribution in [2.45, 2.75) is 12.0 Å². The molecule has 3 rings (SSSR count). The minimum absolute atomic E-state index is 0.410. The lowest BCUT2D eigenvalue weighted by Gasteiger charge is -2.29. The van der Waals surface area contributed by atoms with Crippen molar-refractivity contribution in [3.05, 3.63) is 72.3 Å². The second-order valence-corrected chi connectivity index (χ2v) is 4.78. The first-order chi connectivity index (χ1) is 9.69. The molecule has 0 bridgehead atoms. The van der Waals surface area contributed by atoms with Crippen LogP contribution in [0.15, 0.2) is 61.2 Å². The fourth-order valence-electron chi connectivity index (χ4n) is 3.01. The molecule has 0 aromatic heterocycles. The number of fused-ring (bicyclic) bond motifs is 3. The van der Waals surface area contributed by atoms with Gasteiger partial charge in [-0.3, -0.25) is 0 Å². The molecule has 3 nitrogen and oxygen atoms in total. The van der Waals surface area contributed by atoms with E-state index in [2.05, 4.69) is 6.58 Å². The zero-order valence-electron chi connectivity index (χ0n) is 10.9. The van der Waals surface area contributed by atoms with Gasteiger partial charge in [-0.2, -0.15) is 0 Å². The van der Waals surface area contributed by atoms with Crippen LogP contribution in [0.2, 0.25) is 0 Å². The van der Waals surface area contributed by atoms with Gasteiger partial charge in [-0.1, -0.05) is 54.6 Å². The van der Waals surface area contributed by atoms with Crippen molar-refractivity contribution in [3.63, 3.8) is 0 Å². The van der Waals surface area contributed by atoms with Crippen molar-refractivity contribution in [2.75, 3.05) is 0 Å². The molecule has 2 aromatic carbocycles. The third-order valence-electron chi connectivity index (χ3n) is 3.71. The van der Waals surface area contributed by atoms with E-state index in [-0.39, 0.29) is 0 Å². The molecule has 0 spiro atoms. The molecule has 1 aliphatic carbocycles. The lowest BCUT2D eigenvalue weighted by Crippen LogP contribution is -2.30. The molecule has 0 heterocycles. The Kier molecular flexibility index (Phi) is 2.83. The Morgan fingerprint density at radius 3 is 2.05 bits per heavy atom. The molecule has 2 aromatic rings. The van der Waals surface area contributed by atoms with Crippen LogP contribution >= 0.6 is 0 Å². The molecule has 0 atom stereocenters. The summed E-state index contributed by atoms with van der Waals surface area (Å²) in [5.74, 6) is 0. The van der Waals surface area contributed by atoms with Gasteiger partial charge in [0.25, 0.3) is 0 Å². The molecule has 0 unspecified atom stereocenters. The third kappa shape index (κ3) is 1.63. The van der Waals surface area contributed by atoms with Gasteiger partial charge < -0.3 is 9.84 Å². The number of hydrogen-bond acceptors (Lipinski definition) is 2. The van der Waals surface area contributed by atoms with Crippen LogP contribution in [0.3, 0.4) is 0 Å². The van der Waals surface area contributed by atoms with E-state index in [1.54, 1.807) is 6.08 Å². The van der Waals surface area contributed by atoms with E-state index in [1.807, 2.05) is 48.5 Å². The van der Waals surface area contributed by atoms with E-state index < -0.39 is 11.8 Å². The predicted molar refractivity (Wildman–Crippen MR) is 76.6 cm³/mol. The van der Waals surface area contributed by atoms with Crippen LogP contribution in [-0.2, 0) is 10.3 Å². The van der Waals surface area contributed by atoms with Crippen molar-refractivity contribution in [3.8, 4) is 11.1 Å². The Morgan fingerprint density at radius 1 is 1.10 bits per heavy atom. The first kappa shape index (κ1) is 12.5. The first-order valence-electron chi connectivity index (χ1n) is 6.41. The van der Waals surface area contributed by atoms with Gasteiger partial charge in [0.15, 0.2) is 5.60 Å². The maximum Gasteiger partial charge on any atom is 0.507 e. The van der Waals surface area contributed by atoms with Crippen LogP contribution < -0.4 is 0 Å². The second-order valence-electron chi connectivity index (χ2n) is 4.78. The molecule has 0 radical (unpaired) electrons. The van der Waals surface area contributed by atoms with Gasteiger partial charge in [-0.25, -0.2) is 4.79 Å². The number of ether oxygens (including phenoxy) is 1. The molecule has 20 heavy (non-hydrogen) atoms. The number of benzene rings is 2. The van der Waals surface area contributed by atoms with Crippen LogP contribution in [-0.4, -0.2) is 11.3 Å². The second kappa shape index (κ2) is 4.53. The van der Waals surface area contributed by atoms with Gasteiger partial charge in [0.2, 0.25) is 0 Å². The Labute approximate surface area is 117 Å². The quantitative estimate of drug-likeness (QED) is 0.669. The maximum atomic E-state index is 11.2. The van der Waals surface area contributed by atoms with Crippen LogP contribution in [0.4, 0.5) is 4.79 Å². The highest BCUT2D eigenvalue weighted by molar-refractivity contribution is 5.81. The van der Waals surface area contributed by atoms with Crippen molar-refractivity contribution in [1.29, 1.82) is 0 Å². The lowest BCUT2D eigenvalue weighted by molar-refractivity contribution is 0.00725. The Morgan fingerprint density at radius 2 is 1.60 bits per heavy atom. The van der Waals surface area contributed by atoms with Gasteiger partial charge in [0.1, 0.15) is 0 Å². The number of rotatable bonds is 3. The summed E-state index contributed by atoms with van der Waals surface area (Å²) in [4.78, 5) is 11.2. The lowest BCUT2D eigenvalue weighted by atomic mass is 9.88. The summed E-state index contributed by atoms with van der Waals surface area (Å²) in [6.07, 6.45) is 0.827. The topological polar surface area (TPSA) is 46.5 Å². The highest BCUT2D eigenvalue weighted by atomic mass is 16.7. The molecule has 1 aliphatic rings. The van der Waals surface area contributed by atoms with E-state index in [0.29, 0.717) is 6.42 Å². The first-order valence-corrected chi connectivity index (χ1v) is 6.41. The highest BCUT2D eigenvalue weighted by Gasteiger charge is 2.45. The summed E-state index contributed by atoms with van der Waals surface area (Å²) in [6, 6.07) is 15.5. The standard InChI is InChI=1S/C17H14O3/c1-2-11-17(20-16(18)19)14-9-5-3-7-12(14)13-8-4-6-10-15(13)17/h2-10H,1,11H2,(H,18,19). The number of carboxylic acid groups (broad SMARTS) is 1. The molecule has 3 heteroatoms. The van der Waals surface area contributed by atoms with Crippen LogP contribution in [0.5, 0.6) is 0 Å². The largest absolute Gasteiger partial charge is 0.507 e. The monoisotopic (exact) mass is 266 g/mol. The Balaban J connectivity index is 2.32. The average Bonchev–Trinajstić information content (AvgIpc) is 2.71. The van der Waals surface area contributed by atoms with Crippen LogP contribution in [0.1, 0.15) is 17.5 Å². The fraction of sp³-hybridized carbons (Fsp3) is 0.118. The molecular weight excluding hydrogens is 252 g/mol. The summed E-state index contributed by atoms with van der Waals surface area (Å²) in [7, 11) is 0. The minimum atomic E-state index is -1.28. The molecule has 1 N–H and O–H groups in total. The summed E-state index contributed by atoms with van der Waals surface area (Å²) in [5, 5.41) is 9.16. The van der Waals surface area contributed by atoms with Crippen molar-refractivity contribution in [2.24, 2.45) is 0 Å².